The van der Waals surface area contributed by atoms with Crippen LogP contribution in [-0.2, 0) is 11.7 Å². The van der Waals surface area contributed by atoms with Crippen molar-refractivity contribution in [1.29, 1.82) is 0 Å². The maximum atomic E-state index is 12.9. The second kappa shape index (κ2) is 6.26. The van der Waals surface area contributed by atoms with Crippen LogP contribution < -0.4 is 10.6 Å². The van der Waals surface area contributed by atoms with Gasteiger partial charge in [0.2, 0.25) is 0 Å². The molecule has 3 rings (SSSR count). The Morgan fingerprint density at radius 1 is 1.12 bits per heavy atom. The molecule has 1 aliphatic carbocycles. The van der Waals surface area contributed by atoms with Crippen LogP contribution in [0.4, 0.5) is 23.7 Å². The van der Waals surface area contributed by atoms with E-state index in [0.29, 0.717) is 0 Å². The van der Waals surface area contributed by atoms with E-state index in [1.54, 1.807) is 0 Å². The molecule has 0 bridgehead atoms. The molecule has 3 nitrogen and oxygen atoms in total. The highest BCUT2D eigenvalue weighted by molar-refractivity contribution is 6.31. The van der Waals surface area contributed by atoms with Crippen molar-refractivity contribution < 1.29 is 18.0 Å². The average molecular weight is 369 g/mol. The Kier molecular flexibility index (Phi) is 4.41. The van der Waals surface area contributed by atoms with Crippen LogP contribution in [0.1, 0.15) is 29.5 Å². The lowest BCUT2D eigenvalue weighted by Gasteiger charge is -2.19. The summed E-state index contributed by atoms with van der Waals surface area (Å²) in [7, 11) is 0. The fourth-order valence-electron chi connectivity index (χ4n) is 2.68. The Bertz CT molecular complexity index is 799. The normalized spacial score (nSPS) is 15.6. The van der Waals surface area contributed by atoms with E-state index >= 15 is 0 Å². The lowest BCUT2D eigenvalue weighted by atomic mass is 10.0. The summed E-state index contributed by atoms with van der Waals surface area (Å²) in [6.07, 6.45) is -3.00. The molecular weight excluding hydrogens is 353 g/mol. The molecule has 1 fully saturated rings. The Morgan fingerprint density at radius 3 is 2.32 bits per heavy atom. The first kappa shape index (κ1) is 17.6. The van der Waals surface area contributed by atoms with E-state index in [4.69, 9.17) is 11.6 Å². The van der Waals surface area contributed by atoms with Gasteiger partial charge in [0.1, 0.15) is 0 Å². The highest BCUT2D eigenvalue weighted by Crippen LogP contribution is 2.45. The molecule has 0 heterocycles. The molecular formula is C18H16ClF3N2O. The summed E-state index contributed by atoms with van der Waals surface area (Å²) in [5, 5.41) is 4.90. The van der Waals surface area contributed by atoms with Gasteiger partial charge in [-0.3, -0.25) is 0 Å². The van der Waals surface area contributed by atoms with Crippen LogP contribution in [0.5, 0.6) is 0 Å². The Morgan fingerprint density at radius 2 is 1.76 bits per heavy atom. The lowest BCUT2D eigenvalue weighted by molar-refractivity contribution is -0.137. The van der Waals surface area contributed by atoms with Crippen molar-refractivity contribution in [3.63, 3.8) is 0 Å². The third-order valence-corrected chi connectivity index (χ3v) is 4.57. The van der Waals surface area contributed by atoms with Crippen LogP contribution in [0.25, 0.3) is 0 Å². The summed E-state index contributed by atoms with van der Waals surface area (Å²) in [5.74, 6) is 0. The van der Waals surface area contributed by atoms with E-state index in [0.717, 1.165) is 36.1 Å². The van der Waals surface area contributed by atoms with Gasteiger partial charge in [-0.2, -0.15) is 13.2 Å². The molecule has 0 aromatic heterocycles. The SMILES string of the molecule is Cc1ccc(C2(NC(=O)Nc3ccc(Cl)c(C(F)(F)F)c3)CC2)cc1. The topological polar surface area (TPSA) is 41.1 Å². The summed E-state index contributed by atoms with van der Waals surface area (Å²) in [6.45, 7) is 1.97. The molecule has 2 N–H and O–H groups in total. The number of aryl methyl sites for hydroxylation is 1. The van der Waals surface area contributed by atoms with Crippen LogP contribution in [0.15, 0.2) is 42.5 Å². The Labute approximate surface area is 148 Å². The van der Waals surface area contributed by atoms with Crippen LogP contribution in [0, 0.1) is 6.92 Å². The van der Waals surface area contributed by atoms with Crippen LogP contribution in [0.2, 0.25) is 5.02 Å². The van der Waals surface area contributed by atoms with Gasteiger partial charge in [-0.15, -0.1) is 0 Å². The number of urea groups is 1. The van der Waals surface area contributed by atoms with Gasteiger partial charge in [0.05, 0.1) is 16.1 Å². The van der Waals surface area contributed by atoms with E-state index in [1.807, 2.05) is 31.2 Å². The van der Waals surface area contributed by atoms with Gasteiger partial charge < -0.3 is 10.6 Å². The molecule has 0 unspecified atom stereocenters. The highest BCUT2D eigenvalue weighted by atomic mass is 35.5. The molecule has 0 radical (unpaired) electrons. The zero-order chi connectivity index (χ0) is 18.2. The zero-order valence-electron chi connectivity index (χ0n) is 13.4. The molecule has 132 valence electrons. The first-order valence-electron chi connectivity index (χ1n) is 7.73. The van der Waals surface area contributed by atoms with Crippen LogP contribution >= 0.6 is 11.6 Å². The number of halogens is 4. The van der Waals surface area contributed by atoms with Gasteiger partial charge in [0.15, 0.2) is 0 Å². The number of nitrogens with one attached hydrogen (secondary N) is 2. The van der Waals surface area contributed by atoms with Crippen molar-refractivity contribution in [2.75, 3.05) is 5.32 Å². The smallest absolute Gasteiger partial charge is 0.328 e. The van der Waals surface area contributed by atoms with Gasteiger partial charge >= 0.3 is 12.2 Å². The van der Waals surface area contributed by atoms with Gasteiger partial charge in [-0.25, -0.2) is 4.79 Å². The minimum Gasteiger partial charge on any atom is -0.328 e. The first-order valence-corrected chi connectivity index (χ1v) is 8.10. The number of alkyl halides is 3. The molecule has 0 saturated heterocycles. The Balaban J connectivity index is 1.72. The minimum absolute atomic E-state index is 0.0360. The molecule has 0 atom stereocenters. The second-order valence-electron chi connectivity index (χ2n) is 6.22. The quantitative estimate of drug-likeness (QED) is 0.740. The molecule has 0 aliphatic heterocycles. The first-order chi connectivity index (χ1) is 11.7. The largest absolute Gasteiger partial charge is 0.417 e. The van der Waals surface area contributed by atoms with Crippen molar-refractivity contribution in [3.05, 3.63) is 64.2 Å². The van der Waals surface area contributed by atoms with Gasteiger partial charge in [0.25, 0.3) is 0 Å². The van der Waals surface area contributed by atoms with E-state index in [2.05, 4.69) is 10.6 Å². The van der Waals surface area contributed by atoms with Crippen molar-refractivity contribution in [2.45, 2.75) is 31.5 Å². The number of anilines is 1. The third kappa shape index (κ3) is 3.90. The summed E-state index contributed by atoms with van der Waals surface area (Å²) in [5.41, 5.74) is 0.711. The van der Waals surface area contributed by atoms with Crippen LogP contribution in [0.3, 0.4) is 0 Å². The van der Waals surface area contributed by atoms with Crippen molar-refractivity contribution in [2.24, 2.45) is 0 Å². The number of carbonyl (C=O) groups is 1. The van der Waals surface area contributed by atoms with Gasteiger partial charge in [0, 0.05) is 5.69 Å². The van der Waals surface area contributed by atoms with Crippen molar-refractivity contribution in [3.8, 4) is 0 Å². The standard InChI is InChI=1S/C18H16ClF3N2O/c1-11-2-4-12(5-3-11)17(8-9-17)24-16(25)23-13-6-7-15(19)14(10-13)18(20,21)22/h2-7,10H,8-9H2,1H3,(H2,23,24,25). The highest BCUT2D eigenvalue weighted by Gasteiger charge is 2.45. The number of hydrogen-bond donors (Lipinski definition) is 2. The average Bonchev–Trinajstić information content (AvgIpc) is 3.29. The number of carbonyl (C=O) groups excluding carboxylic acids is 1. The van der Waals surface area contributed by atoms with E-state index in [9.17, 15) is 18.0 Å². The molecule has 2 aromatic rings. The minimum atomic E-state index is -4.58. The predicted octanol–water partition coefficient (Wildman–Crippen LogP) is 5.48. The maximum absolute atomic E-state index is 12.9. The molecule has 1 saturated carbocycles. The zero-order valence-corrected chi connectivity index (χ0v) is 14.1. The van der Waals surface area contributed by atoms with Gasteiger partial charge in [-0.05, 0) is 43.5 Å². The summed E-state index contributed by atoms with van der Waals surface area (Å²) >= 11 is 5.58. The molecule has 2 amide bonds. The van der Waals surface area contributed by atoms with Crippen LogP contribution in [-0.4, -0.2) is 6.03 Å². The summed E-state index contributed by atoms with van der Waals surface area (Å²) in [6, 6.07) is 10.6. The number of amides is 2. The molecule has 2 aromatic carbocycles. The number of benzene rings is 2. The monoisotopic (exact) mass is 368 g/mol. The Hall–Kier alpha value is -2.21. The number of hydrogen-bond acceptors (Lipinski definition) is 1. The fourth-order valence-corrected chi connectivity index (χ4v) is 2.91. The van der Waals surface area contributed by atoms with Crippen molar-refractivity contribution >= 4 is 23.3 Å². The summed E-state index contributed by atoms with van der Waals surface area (Å²) < 4.78 is 38.7. The van der Waals surface area contributed by atoms with E-state index < -0.39 is 28.3 Å². The maximum Gasteiger partial charge on any atom is 0.417 e. The van der Waals surface area contributed by atoms with E-state index in [-0.39, 0.29) is 5.69 Å². The predicted molar refractivity (Wildman–Crippen MR) is 90.7 cm³/mol. The molecule has 7 heteroatoms. The van der Waals surface area contributed by atoms with Gasteiger partial charge in [-0.1, -0.05) is 41.4 Å². The van der Waals surface area contributed by atoms with Crippen molar-refractivity contribution in [1.82, 2.24) is 5.32 Å². The molecule has 0 spiro atoms. The molecule has 25 heavy (non-hydrogen) atoms. The number of rotatable bonds is 3. The fraction of sp³-hybridized carbons (Fsp3) is 0.278. The second-order valence-corrected chi connectivity index (χ2v) is 6.63. The van der Waals surface area contributed by atoms with E-state index in [1.165, 1.54) is 6.07 Å². The third-order valence-electron chi connectivity index (χ3n) is 4.24. The molecule has 1 aliphatic rings. The summed E-state index contributed by atoms with van der Waals surface area (Å²) in [4.78, 5) is 12.2. The lowest BCUT2D eigenvalue weighted by Crippen LogP contribution is -2.38.